The van der Waals surface area contributed by atoms with Crippen molar-refractivity contribution in [3.8, 4) is 0 Å². The van der Waals surface area contributed by atoms with Gasteiger partial charge in [-0.05, 0) is 13.3 Å². The van der Waals surface area contributed by atoms with Crippen LogP contribution in [0.5, 0.6) is 0 Å². The highest BCUT2D eigenvalue weighted by Crippen LogP contribution is 2.10. The molecule has 2 N–H and O–H groups in total. The van der Waals surface area contributed by atoms with Gasteiger partial charge in [0.05, 0.1) is 12.2 Å². The van der Waals surface area contributed by atoms with Gasteiger partial charge in [0.2, 0.25) is 0 Å². The van der Waals surface area contributed by atoms with Gasteiger partial charge in [0.15, 0.2) is 0 Å². The van der Waals surface area contributed by atoms with E-state index >= 15 is 0 Å². The van der Waals surface area contributed by atoms with E-state index in [1.165, 1.54) is 0 Å². The first-order valence-corrected chi connectivity index (χ1v) is 8.81. The molecule has 0 heterocycles. The number of hydrogen-bond acceptors (Lipinski definition) is 5. The maximum Gasteiger partial charge on any atom is 0.267 e. The summed E-state index contributed by atoms with van der Waals surface area (Å²) in [6, 6.07) is 0. The van der Waals surface area contributed by atoms with Crippen molar-refractivity contribution >= 4 is 20.2 Å². The number of unbranched alkanes of at least 4 members (excludes halogenated alkanes) is 1. The predicted molar refractivity (Wildman–Crippen MR) is 66.7 cm³/mol. The number of rotatable bonds is 9. The van der Waals surface area contributed by atoms with E-state index in [0.717, 1.165) is 12.8 Å². The Morgan fingerprint density at radius 3 is 1.83 bits per heavy atom. The van der Waals surface area contributed by atoms with E-state index in [2.05, 4.69) is 0 Å². The standard InChI is InChI=1S/C9H20O7S2/c1-3-4-5-8(2)16-9(6-17(10,11)12)7-18(13,14)15/h8-9H,3-7H2,1-2H3,(H,10,11,12)(H,13,14,15). The smallest absolute Gasteiger partial charge is 0.267 e. The van der Waals surface area contributed by atoms with Gasteiger partial charge in [-0.3, -0.25) is 9.11 Å². The third-order valence-corrected chi connectivity index (χ3v) is 3.77. The first-order chi connectivity index (χ1) is 8.03. The lowest BCUT2D eigenvalue weighted by Crippen LogP contribution is -2.33. The van der Waals surface area contributed by atoms with Crippen LogP contribution in [-0.2, 0) is 25.0 Å². The Bertz CT molecular complexity index is 392. The zero-order chi connectivity index (χ0) is 14.4. The van der Waals surface area contributed by atoms with Gasteiger partial charge < -0.3 is 4.74 Å². The Kier molecular flexibility index (Phi) is 7.30. The Balaban J connectivity index is 4.57. The molecule has 0 spiro atoms. The lowest BCUT2D eigenvalue weighted by Gasteiger charge is -2.20. The summed E-state index contributed by atoms with van der Waals surface area (Å²) in [5.74, 6) is -1.72. The lowest BCUT2D eigenvalue weighted by atomic mass is 10.2. The molecule has 0 aromatic heterocycles. The zero-order valence-corrected chi connectivity index (χ0v) is 12.1. The van der Waals surface area contributed by atoms with Crippen LogP contribution in [0.2, 0.25) is 0 Å². The van der Waals surface area contributed by atoms with E-state index in [4.69, 9.17) is 13.8 Å². The summed E-state index contributed by atoms with van der Waals surface area (Å²) in [7, 11) is -8.72. The molecule has 0 aromatic carbocycles. The molecule has 0 aliphatic carbocycles. The van der Waals surface area contributed by atoms with Gasteiger partial charge >= 0.3 is 0 Å². The fraction of sp³-hybridized carbons (Fsp3) is 1.00. The average molecular weight is 304 g/mol. The van der Waals surface area contributed by atoms with Gasteiger partial charge in [-0.25, -0.2) is 0 Å². The topological polar surface area (TPSA) is 118 Å². The molecule has 0 aliphatic rings. The van der Waals surface area contributed by atoms with Crippen molar-refractivity contribution in [2.24, 2.45) is 0 Å². The van der Waals surface area contributed by atoms with Crippen molar-refractivity contribution in [3.63, 3.8) is 0 Å². The normalized spacial score (nSPS) is 14.9. The fourth-order valence-corrected chi connectivity index (χ4v) is 2.97. The summed E-state index contributed by atoms with van der Waals surface area (Å²) < 4.78 is 65.5. The van der Waals surface area contributed by atoms with Gasteiger partial charge in [0.1, 0.15) is 11.5 Å². The Hall–Kier alpha value is -0.220. The van der Waals surface area contributed by atoms with Gasteiger partial charge in [0.25, 0.3) is 20.2 Å². The van der Waals surface area contributed by atoms with Crippen molar-refractivity contribution in [1.82, 2.24) is 0 Å². The predicted octanol–water partition coefficient (Wildman–Crippen LogP) is 0.726. The average Bonchev–Trinajstić information content (AvgIpc) is 2.08. The second-order valence-corrected chi connectivity index (χ2v) is 7.20. The highest BCUT2D eigenvalue weighted by molar-refractivity contribution is 7.86. The van der Waals surface area contributed by atoms with Crippen LogP contribution < -0.4 is 0 Å². The summed E-state index contributed by atoms with van der Waals surface area (Å²) in [6.07, 6.45) is 0.796. The van der Waals surface area contributed by atoms with Crippen molar-refractivity contribution in [3.05, 3.63) is 0 Å². The second-order valence-electron chi connectivity index (χ2n) is 4.21. The zero-order valence-electron chi connectivity index (χ0n) is 10.4. The Morgan fingerprint density at radius 1 is 1.06 bits per heavy atom. The molecule has 0 aliphatic heterocycles. The van der Waals surface area contributed by atoms with Crippen LogP contribution in [0.1, 0.15) is 33.1 Å². The van der Waals surface area contributed by atoms with Crippen molar-refractivity contribution in [2.75, 3.05) is 11.5 Å². The quantitative estimate of drug-likeness (QED) is 0.603. The van der Waals surface area contributed by atoms with Gasteiger partial charge in [-0.2, -0.15) is 16.8 Å². The maximum absolute atomic E-state index is 10.7. The first-order valence-electron chi connectivity index (χ1n) is 5.59. The minimum absolute atomic E-state index is 0.349. The van der Waals surface area contributed by atoms with Crippen LogP contribution in [0.4, 0.5) is 0 Å². The minimum atomic E-state index is -4.36. The summed E-state index contributed by atoms with van der Waals surface area (Å²) in [4.78, 5) is 0. The molecule has 0 saturated heterocycles. The SMILES string of the molecule is CCCCC(C)OC(CS(=O)(=O)O)CS(=O)(=O)O. The molecule has 0 saturated carbocycles. The molecule has 0 fully saturated rings. The monoisotopic (exact) mass is 304 g/mol. The summed E-state index contributed by atoms with van der Waals surface area (Å²) in [5, 5.41) is 0. The van der Waals surface area contributed by atoms with Crippen molar-refractivity contribution in [1.29, 1.82) is 0 Å². The molecular weight excluding hydrogens is 284 g/mol. The van der Waals surface area contributed by atoms with Gasteiger partial charge in [-0.15, -0.1) is 0 Å². The first kappa shape index (κ1) is 17.8. The van der Waals surface area contributed by atoms with Crippen molar-refractivity contribution in [2.45, 2.75) is 45.3 Å². The molecule has 0 bridgehead atoms. The van der Waals surface area contributed by atoms with Gasteiger partial charge in [-0.1, -0.05) is 19.8 Å². The van der Waals surface area contributed by atoms with Crippen LogP contribution in [0.15, 0.2) is 0 Å². The molecule has 1 atom stereocenters. The molecule has 0 rings (SSSR count). The highest BCUT2D eigenvalue weighted by Gasteiger charge is 2.25. The van der Waals surface area contributed by atoms with E-state index in [-0.39, 0.29) is 6.10 Å². The van der Waals surface area contributed by atoms with Crippen LogP contribution in [0.3, 0.4) is 0 Å². The Labute approximate surface area is 108 Å². The van der Waals surface area contributed by atoms with Crippen LogP contribution in [0, 0.1) is 0 Å². The van der Waals surface area contributed by atoms with Gasteiger partial charge in [0, 0.05) is 0 Å². The molecule has 0 aromatic rings. The van der Waals surface area contributed by atoms with E-state index in [9.17, 15) is 16.8 Å². The summed E-state index contributed by atoms with van der Waals surface area (Å²) >= 11 is 0. The third-order valence-electron chi connectivity index (χ3n) is 2.18. The molecule has 0 radical (unpaired) electrons. The van der Waals surface area contributed by atoms with Crippen LogP contribution >= 0.6 is 0 Å². The Morgan fingerprint density at radius 2 is 1.50 bits per heavy atom. The summed E-state index contributed by atoms with van der Waals surface area (Å²) in [5.41, 5.74) is 0. The number of hydrogen-bond donors (Lipinski definition) is 2. The summed E-state index contributed by atoms with van der Waals surface area (Å²) in [6.45, 7) is 3.65. The molecule has 9 heteroatoms. The van der Waals surface area contributed by atoms with Crippen LogP contribution in [-0.4, -0.2) is 49.7 Å². The third kappa shape index (κ3) is 10.9. The van der Waals surface area contributed by atoms with Crippen LogP contribution in [0.25, 0.3) is 0 Å². The second kappa shape index (κ2) is 7.39. The molecule has 1 unspecified atom stereocenters. The molecule has 18 heavy (non-hydrogen) atoms. The largest absolute Gasteiger partial charge is 0.373 e. The molecule has 0 amide bonds. The van der Waals surface area contributed by atoms with E-state index in [1.807, 2.05) is 6.92 Å². The highest BCUT2D eigenvalue weighted by atomic mass is 32.2. The maximum atomic E-state index is 10.7. The minimum Gasteiger partial charge on any atom is -0.373 e. The van der Waals surface area contributed by atoms with E-state index < -0.39 is 37.8 Å². The van der Waals surface area contributed by atoms with E-state index in [1.54, 1.807) is 6.92 Å². The molecule has 110 valence electrons. The molecular formula is C9H20O7S2. The fourth-order valence-electron chi connectivity index (χ4n) is 1.48. The van der Waals surface area contributed by atoms with Crippen molar-refractivity contribution < 1.29 is 30.7 Å². The lowest BCUT2D eigenvalue weighted by molar-refractivity contribution is 0.0155. The van der Waals surface area contributed by atoms with E-state index in [0.29, 0.717) is 6.42 Å². The molecule has 7 nitrogen and oxygen atoms in total. The number of ether oxygens (including phenoxy) is 1.